The highest BCUT2D eigenvalue weighted by Crippen LogP contribution is 2.62. The predicted molar refractivity (Wildman–Crippen MR) is 178 cm³/mol. The molecular formula is C38H40N4O2S. The van der Waals surface area contributed by atoms with Gasteiger partial charge >= 0.3 is 0 Å². The lowest BCUT2D eigenvalue weighted by molar-refractivity contribution is -0.138. The van der Waals surface area contributed by atoms with E-state index in [1.807, 2.05) is 41.3 Å². The van der Waals surface area contributed by atoms with Crippen molar-refractivity contribution in [2.75, 3.05) is 7.11 Å². The van der Waals surface area contributed by atoms with Crippen LogP contribution in [0, 0.1) is 34.0 Å². The highest BCUT2D eigenvalue weighted by molar-refractivity contribution is 8.13. The van der Waals surface area contributed by atoms with E-state index in [-0.39, 0.29) is 17.4 Å². The van der Waals surface area contributed by atoms with Gasteiger partial charge in [-0.2, -0.15) is 10.5 Å². The molecule has 0 saturated heterocycles. The van der Waals surface area contributed by atoms with Gasteiger partial charge in [-0.25, -0.2) is 4.99 Å². The molecule has 1 fully saturated rings. The van der Waals surface area contributed by atoms with E-state index in [1.54, 1.807) is 31.0 Å². The number of rotatable bonds is 8. The summed E-state index contributed by atoms with van der Waals surface area (Å²) < 4.78 is 5.79. The maximum atomic E-state index is 15.2. The molecule has 6 nitrogen and oxygen atoms in total. The molecule has 1 unspecified atom stereocenters. The van der Waals surface area contributed by atoms with Crippen LogP contribution in [0.25, 0.3) is 0 Å². The van der Waals surface area contributed by atoms with Crippen molar-refractivity contribution in [2.24, 2.45) is 16.3 Å². The third kappa shape index (κ3) is 5.81. The highest BCUT2D eigenvalue weighted by Gasteiger charge is 2.66. The summed E-state index contributed by atoms with van der Waals surface area (Å²) >= 11 is 1.56. The molecule has 0 N–H and O–H groups in total. The fourth-order valence-corrected chi connectivity index (χ4v) is 8.51. The Labute approximate surface area is 271 Å². The van der Waals surface area contributed by atoms with Crippen LogP contribution in [0.2, 0.25) is 0 Å². The van der Waals surface area contributed by atoms with Crippen molar-refractivity contribution in [1.82, 2.24) is 4.90 Å². The Bertz CT molecular complexity index is 1710. The first-order chi connectivity index (χ1) is 21.8. The summed E-state index contributed by atoms with van der Waals surface area (Å²) in [5.74, 6) is 1.22. The lowest BCUT2D eigenvalue weighted by Crippen LogP contribution is -2.51. The van der Waals surface area contributed by atoms with Crippen molar-refractivity contribution in [3.05, 3.63) is 106 Å². The highest BCUT2D eigenvalue weighted by atomic mass is 32.2. The molecule has 45 heavy (non-hydrogen) atoms. The second-order valence-corrected chi connectivity index (χ2v) is 14.2. The molecule has 6 rings (SSSR count). The molecule has 1 heterocycles. The van der Waals surface area contributed by atoms with Crippen LogP contribution in [0.4, 0.5) is 0 Å². The van der Waals surface area contributed by atoms with Gasteiger partial charge in [0.1, 0.15) is 0 Å². The molecule has 1 aliphatic heterocycles. The van der Waals surface area contributed by atoms with Gasteiger partial charge in [-0.05, 0) is 103 Å². The summed E-state index contributed by atoms with van der Waals surface area (Å²) in [6, 6.07) is 26.4. The first kappa shape index (κ1) is 31.1. The number of carbonyl (C=O) groups excluding carboxylic acids is 1. The average Bonchev–Trinajstić information content (AvgIpc) is 3.49. The molecule has 1 atom stereocenters. The summed E-state index contributed by atoms with van der Waals surface area (Å²) in [6.07, 6.45) is 6.65. The Morgan fingerprint density at radius 1 is 0.978 bits per heavy atom. The number of carbonyl (C=O) groups is 1. The van der Waals surface area contributed by atoms with Crippen LogP contribution in [0.15, 0.2) is 71.7 Å². The minimum Gasteiger partial charge on any atom is -0.381 e. The van der Waals surface area contributed by atoms with Gasteiger partial charge in [-0.3, -0.25) is 9.69 Å². The van der Waals surface area contributed by atoms with Crippen molar-refractivity contribution in [3.63, 3.8) is 0 Å². The van der Waals surface area contributed by atoms with Gasteiger partial charge in [0.2, 0.25) is 0 Å². The fourth-order valence-electron chi connectivity index (χ4n) is 7.53. The largest absolute Gasteiger partial charge is 0.381 e. The van der Waals surface area contributed by atoms with Gasteiger partial charge < -0.3 is 4.74 Å². The SMILES string of the molecule is COC1CCC2(CC1)Cc1ccc(CCC(C)C)cc1C21N=C(SCc2cccc(C#N)c2)N(Cc2cccc(C#N)c2)C1=O. The number of methoxy groups -OCH3 is 1. The van der Waals surface area contributed by atoms with Crippen molar-refractivity contribution in [1.29, 1.82) is 10.5 Å². The lowest BCUT2D eigenvalue weighted by Gasteiger charge is -2.45. The summed E-state index contributed by atoms with van der Waals surface area (Å²) in [5, 5.41) is 19.7. The molecule has 2 aliphatic carbocycles. The summed E-state index contributed by atoms with van der Waals surface area (Å²) in [7, 11) is 1.79. The standard InChI is InChI=1S/C38H40N4O2S/c1-26(2)10-11-27-12-13-32-21-37(16-14-33(44-3)15-17-37)38(34(32)20-27)35(43)42(24-30-8-4-6-28(18-30)22-39)36(41-38)45-25-31-9-5-7-29(19-31)23-40/h4-9,12-13,18-20,26,33H,10-11,14-17,21,24-25H2,1-3H3. The van der Waals surface area contributed by atoms with E-state index >= 15 is 4.79 Å². The first-order valence-electron chi connectivity index (χ1n) is 16.0. The number of nitrogens with zero attached hydrogens (tertiary/aromatic N) is 4. The van der Waals surface area contributed by atoms with Gasteiger partial charge in [-0.15, -0.1) is 0 Å². The molecule has 230 valence electrons. The molecular weight excluding hydrogens is 577 g/mol. The second kappa shape index (κ2) is 12.8. The zero-order valence-corrected chi connectivity index (χ0v) is 27.2. The number of thioether (sulfide) groups is 1. The summed E-state index contributed by atoms with van der Waals surface area (Å²) in [5.41, 5.74) is 5.34. The minimum atomic E-state index is -1.00. The van der Waals surface area contributed by atoms with Crippen molar-refractivity contribution in [2.45, 2.75) is 82.7 Å². The van der Waals surface area contributed by atoms with E-state index in [4.69, 9.17) is 9.73 Å². The Kier molecular flexibility index (Phi) is 8.87. The number of amides is 1. The Hall–Kier alpha value is -3.91. The lowest BCUT2D eigenvalue weighted by atomic mass is 9.61. The monoisotopic (exact) mass is 616 g/mol. The van der Waals surface area contributed by atoms with Crippen LogP contribution in [-0.2, 0) is 40.2 Å². The zero-order valence-electron chi connectivity index (χ0n) is 26.4. The molecule has 3 aromatic rings. The van der Waals surface area contributed by atoms with Gasteiger partial charge in [0.15, 0.2) is 10.7 Å². The van der Waals surface area contributed by atoms with Crippen LogP contribution < -0.4 is 0 Å². The van der Waals surface area contributed by atoms with E-state index < -0.39 is 5.54 Å². The fraction of sp³-hybridized carbons (Fsp3) is 0.421. The molecule has 3 aliphatic rings. The number of nitriles is 2. The summed E-state index contributed by atoms with van der Waals surface area (Å²) in [6.45, 7) is 4.84. The number of aliphatic imine (C=N–C) groups is 1. The molecule has 1 saturated carbocycles. The van der Waals surface area contributed by atoms with Crippen LogP contribution in [0.3, 0.4) is 0 Å². The van der Waals surface area contributed by atoms with Crippen LogP contribution in [0.1, 0.15) is 84.9 Å². The third-order valence-corrected chi connectivity index (χ3v) is 11.0. The summed E-state index contributed by atoms with van der Waals surface area (Å²) in [4.78, 5) is 22.7. The minimum absolute atomic E-state index is 0.0359. The van der Waals surface area contributed by atoms with E-state index in [0.29, 0.717) is 34.5 Å². The molecule has 0 aromatic heterocycles. The number of benzene rings is 3. The van der Waals surface area contributed by atoms with Crippen LogP contribution >= 0.6 is 11.8 Å². The van der Waals surface area contributed by atoms with Crippen LogP contribution in [0.5, 0.6) is 0 Å². The Morgan fingerprint density at radius 3 is 2.33 bits per heavy atom. The Morgan fingerprint density at radius 2 is 1.67 bits per heavy atom. The number of ether oxygens (including phenoxy) is 1. The number of amidine groups is 1. The van der Waals surface area contributed by atoms with E-state index in [2.05, 4.69) is 44.2 Å². The van der Waals surface area contributed by atoms with Crippen molar-refractivity contribution >= 4 is 22.8 Å². The molecule has 0 bridgehead atoms. The normalized spacial score (nSPS) is 23.8. The molecule has 0 radical (unpaired) electrons. The van der Waals surface area contributed by atoms with E-state index in [0.717, 1.165) is 61.6 Å². The van der Waals surface area contributed by atoms with Gasteiger partial charge in [-0.1, -0.05) is 68.1 Å². The number of hydrogen-bond acceptors (Lipinski definition) is 6. The van der Waals surface area contributed by atoms with Crippen molar-refractivity contribution in [3.8, 4) is 12.1 Å². The molecule has 7 heteroatoms. The Balaban J connectivity index is 1.46. The molecule has 2 spiro atoms. The van der Waals surface area contributed by atoms with Gasteiger partial charge in [0.05, 0.1) is 35.9 Å². The van der Waals surface area contributed by atoms with E-state index in [1.165, 1.54) is 11.1 Å². The second-order valence-electron chi connectivity index (χ2n) is 13.2. The van der Waals surface area contributed by atoms with Crippen molar-refractivity contribution < 1.29 is 9.53 Å². The number of aryl methyl sites for hydroxylation is 1. The quantitative estimate of drug-likeness (QED) is 0.259. The van der Waals surface area contributed by atoms with E-state index in [9.17, 15) is 10.5 Å². The number of hydrogen-bond donors (Lipinski definition) is 0. The molecule has 1 amide bonds. The smallest absolute Gasteiger partial charge is 0.262 e. The predicted octanol–water partition coefficient (Wildman–Crippen LogP) is 7.68. The third-order valence-electron chi connectivity index (χ3n) is 9.96. The average molecular weight is 617 g/mol. The topological polar surface area (TPSA) is 89.5 Å². The number of fused-ring (bicyclic) bond motifs is 3. The van der Waals surface area contributed by atoms with Gasteiger partial charge in [0, 0.05) is 18.3 Å². The first-order valence-corrected chi connectivity index (χ1v) is 17.0. The van der Waals surface area contributed by atoms with Gasteiger partial charge in [0.25, 0.3) is 5.91 Å². The molecule has 3 aromatic carbocycles. The zero-order chi connectivity index (χ0) is 31.6. The maximum Gasteiger partial charge on any atom is 0.262 e. The maximum absolute atomic E-state index is 15.2. The van der Waals surface area contributed by atoms with Crippen LogP contribution in [-0.4, -0.2) is 29.2 Å².